The van der Waals surface area contributed by atoms with E-state index in [4.69, 9.17) is 9.72 Å². The number of quaternary nitrogens is 1. The SMILES string of the molecule is Cc1ccc(CC(=O)N(CC[NH+]2CCOCC2)c2nc3ccc(C)cc3s2)c(C)c1. The van der Waals surface area contributed by atoms with Crippen LogP contribution in [0.5, 0.6) is 0 Å². The van der Waals surface area contributed by atoms with Gasteiger partial charge in [0.15, 0.2) is 5.13 Å². The number of nitrogens with zero attached hydrogens (tertiary/aromatic N) is 2. The number of benzene rings is 2. The van der Waals surface area contributed by atoms with E-state index in [1.807, 2.05) is 11.0 Å². The van der Waals surface area contributed by atoms with Crippen molar-refractivity contribution in [3.63, 3.8) is 0 Å². The molecule has 0 bridgehead atoms. The quantitative estimate of drug-likeness (QED) is 0.662. The number of hydrogen-bond acceptors (Lipinski definition) is 4. The summed E-state index contributed by atoms with van der Waals surface area (Å²) in [4.78, 5) is 21.6. The van der Waals surface area contributed by atoms with Crippen LogP contribution < -0.4 is 9.80 Å². The lowest BCUT2D eigenvalue weighted by Gasteiger charge is -2.27. The molecule has 1 aliphatic rings. The van der Waals surface area contributed by atoms with Crippen molar-refractivity contribution >= 4 is 32.6 Å². The molecule has 0 atom stereocenters. The largest absolute Gasteiger partial charge is 0.370 e. The maximum absolute atomic E-state index is 13.4. The van der Waals surface area contributed by atoms with E-state index >= 15 is 0 Å². The van der Waals surface area contributed by atoms with Crippen molar-refractivity contribution < 1.29 is 14.4 Å². The summed E-state index contributed by atoms with van der Waals surface area (Å²) in [5.74, 6) is 0.116. The second-order valence-electron chi connectivity index (χ2n) is 8.23. The molecule has 1 aliphatic heterocycles. The Bertz CT molecular complexity index is 1040. The van der Waals surface area contributed by atoms with Crippen molar-refractivity contribution in [2.45, 2.75) is 27.2 Å². The third-order valence-electron chi connectivity index (χ3n) is 5.79. The van der Waals surface area contributed by atoms with Crippen LogP contribution in [0.3, 0.4) is 0 Å². The Morgan fingerprint density at radius 2 is 1.83 bits per heavy atom. The van der Waals surface area contributed by atoms with E-state index < -0.39 is 0 Å². The number of amides is 1. The molecule has 0 unspecified atom stereocenters. The fraction of sp³-hybridized carbons (Fsp3) is 0.417. The number of fused-ring (bicyclic) bond motifs is 1. The zero-order valence-electron chi connectivity index (χ0n) is 18.0. The number of rotatable bonds is 6. The van der Waals surface area contributed by atoms with Gasteiger partial charge in [-0.1, -0.05) is 41.2 Å². The molecule has 4 rings (SSSR count). The monoisotopic (exact) mass is 424 g/mol. The van der Waals surface area contributed by atoms with Crippen LogP contribution in [-0.2, 0) is 16.0 Å². The molecule has 1 amide bonds. The third-order valence-corrected chi connectivity index (χ3v) is 6.83. The summed E-state index contributed by atoms with van der Waals surface area (Å²) in [5, 5.41) is 0.804. The normalized spacial score (nSPS) is 14.9. The summed E-state index contributed by atoms with van der Waals surface area (Å²) in [6, 6.07) is 12.6. The number of carbonyl (C=O) groups excluding carboxylic acids is 1. The molecular weight excluding hydrogens is 394 g/mol. The van der Waals surface area contributed by atoms with E-state index in [2.05, 4.69) is 51.1 Å². The lowest BCUT2D eigenvalue weighted by molar-refractivity contribution is -0.906. The minimum Gasteiger partial charge on any atom is -0.370 e. The topological polar surface area (TPSA) is 46.9 Å². The highest BCUT2D eigenvalue weighted by molar-refractivity contribution is 7.22. The minimum atomic E-state index is 0.116. The molecule has 158 valence electrons. The van der Waals surface area contributed by atoms with Gasteiger partial charge < -0.3 is 9.64 Å². The van der Waals surface area contributed by atoms with Crippen molar-refractivity contribution in [3.8, 4) is 0 Å². The lowest BCUT2D eigenvalue weighted by Crippen LogP contribution is -3.14. The van der Waals surface area contributed by atoms with E-state index in [1.165, 1.54) is 21.6 Å². The van der Waals surface area contributed by atoms with Gasteiger partial charge in [0.25, 0.3) is 0 Å². The fourth-order valence-corrected chi connectivity index (χ4v) is 5.05. The molecule has 2 heterocycles. The Morgan fingerprint density at radius 3 is 2.60 bits per heavy atom. The molecule has 30 heavy (non-hydrogen) atoms. The molecule has 6 heteroatoms. The number of ether oxygens (including phenoxy) is 1. The van der Waals surface area contributed by atoms with Gasteiger partial charge in [-0.2, -0.15) is 0 Å². The molecule has 0 saturated carbocycles. The average Bonchev–Trinajstić information content (AvgIpc) is 3.13. The van der Waals surface area contributed by atoms with Crippen LogP contribution in [0.15, 0.2) is 36.4 Å². The summed E-state index contributed by atoms with van der Waals surface area (Å²) < 4.78 is 6.61. The number of aryl methyl sites for hydroxylation is 3. The van der Waals surface area contributed by atoms with Gasteiger partial charge in [-0.05, 0) is 49.6 Å². The van der Waals surface area contributed by atoms with Crippen LogP contribution in [0.2, 0.25) is 0 Å². The lowest BCUT2D eigenvalue weighted by atomic mass is 10.0. The van der Waals surface area contributed by atoms with E-state index in [9.17, 15) is 4.79 Å². The second kappa shape index (κ2) is 9.25. The van der Waals surface area contributed by atoms with Crippen LogP contribution >= 0.6 is 11.3 Å². The predicted molar refractivity (Wildman–Crippen MR) is 123 cm³/mol. The van der Waals surface area contributed by atoms with Crippen molar-refractivity contribution in [1.82, 2.24) is 4.98 Å². The summed E-state index contributed by atoms with van der Waals surface area (Å²) in [5.41, 5.74) is 5.65. The van der Waals surface area contributed by atoms with E-state index in [1.54, 1.807) is 11.3 Å². The highest BCUT2D eigenvalue weighted by Crippen LogP contribution is 2.30. The number of aromatic nitrogens is 1. The van der Waals surface area contributed by atoms with Gasteiger partial charge in [0.1, 0.15) is 13.1 Å². The zero-order valence-corrected chi connectivity index (χ0v) is 18.8. The molecule has 0 aliphatic carbocycles. The van der Waals surface area contributed by atoms with Crippen LogP contribution in [-0.4, -0.2) is 50.3 Å². The molecule has 1 fully saturated rings. The Kier molecular flexibility index (Phi) is 6.46. The number of nitrogens with one attached hydrogen (secondary N) is 1. The molecule has 0 spiro atoms. The van der Waals surface area contributed by atoms with Crippen LogP contribution in [0.25, 0.3) is 10.2 Å². The van der Waals surface area contributed by atoms with Crippen molar-refractivity contribution in [2.75, 3.05) is 44.3 Å². The van der Waals surface area contributed by atoms with Gasteiger partial charge in [0.05, 0.1) is 42.9 Å². The van der Waals surface area contributed by atoms with Crippen molar-refractivity contribution in [3.05, 3.63) is 58.7 Å². The standard InChI is InChI=1S/C24H29N3O2S/c1-17-4-6-20(19(3)14-17)16-23(28)27(9-8-26-10-12-29-13-11-26)24-25-21-7-5-18(2)15-22(21)30-24/h4-7,14-15H,8-13,16H2,1-3H3/p+1. The van der Waals surface area contributed by atoms with Crippen molar-refractivity contribution in [1.29, 1.82) is 0 Å². The molecule has 3 aromatic rings. The number of morpholine rings is 1. The van der Waals surface area contributed by atoms with Gasteiger partial charge in [0.2, 0.25) is 5.91 Å². The summed E-state index contributed by atoms with van der Waals surface area (Å²) >= 11 is 1.61. The van der Waals surface area contributed by atoms with Gasteiger partial charge >= 0.3 is 0 Å². The first kappa shape index (κ1) is 21.0. The molecule has 1 aromatic heterocycles. The van der Waals surface area contributed by atoms with Crippen LogP contribution in [0, 0.1) is 20.8 Å². The Morgan fingerprint density at radius 1 is 1.10 bits per heavy atom. The first-order valence-electron chi connectivity index (χ1n) is 10.6. The maximum Gasteiger partial charge on any atom is 0.233 e. The summed E-state index contributed by atoms with van der Waals surface area (Å²) in [7, 11) is 0. The van der Waals surface area contributed by atoms with Crippen LogP contribution in [0.4, 0.5) is 5.13 Å². The smallest absolute Gasteiger partial charge is 0.233 e. The number of hydrogen-bond donors (Lipinski definition) is 1. The number of thiazole rings is 1. The third kappa shape index (κ3) is 4.89. The maximum atomic E-state index is 13.4. The minimum absolute atomic E-state index is 0.116. The Hall–Kier alpha value is -2.28. The van der Waals surface area contributed by atoms with Gasteiger partial charge in [-0.25, -0.2) is 4.98 Å². The fourth-order valence-electron chi connectivity index (χ4n) is 3.94. The Balaban J connectivity index is 1.58. The summed E-state index contributed by atoms with van der Waals surface area (Å²) in [6.07, 6.45) is 0.402. The summed E-state index contributed by atoms with van der Waals surface area (Å²) in [6.45, 7) is 11.4. The first-order valence-corrected chi connectivity index (χ1v) is 11.5. The highest BCUT2D eigenvalue weighted by atomic mass is 32.1. The van der Waals surface area contributed by atoms with Gasteiger partial charge in [0, 0.05) is 0 Å². The average molecular weight is 425 g/mol. The van der Waals surface area contributed by atoms with Crippen molar-refractivity contribution in [2.24, 2.45) is 0 Å². The zero-order chi connectivity index (χ0) is 21.1. The van der Waals surface area contributed by atoms with Crippen LogP contribution in [0.1, 0.15) is 22.3 Å². The molecule has 1 saturated heterocycles. The van der Waals surface area contributed by atoms with E-state index in [-0.39, 0.29) is 5.91 Å². The Labute approximate surface area is 182 Å². The highest BCUT2D eigenvalue weighted by Gasteiger charge is 2.23. The van der Waals surface area contributed by atoms with Gasteiger partial charge in [-0.3, -0.25) is 9.69 Å². The molecule has 5 nitrogen and oxygen atoms in total. The first-order chi connectivity index (χ1) is 14.5. The number of carbonyl (C=O) groups is 1. The number of anilines is 1. The second-order valence-corrected chi connectivity index (χ2v) is 9.24. The molecular formula is C24H30N3O2S+. The van der Waals surface area contributed by atoms with Gasteiger partial charge in [-0.15, -0.1) is 0 Å². The van der Waals surface area contributed by atoms with E-state index in [0.29, 0.717) is 13.0 Å². The predicted octanol–water partition coefficient (Wildman–Crippen LogP) is 2.71. The molecule has 0 radical (unpaired) electrons. The molecule has 1 N–H and O–H groups in total. The van der Waals surface area contributed by atoms with E-state index in [0.717, 1.165) is 53.8 Å². The molecule has 2 aromatic carbocycles.